The number of halogens is 2. The van der Waals surface area contributed by atoms with E-state index in [1.807, 2.05) is 13.0 Å². The molecule has 1 aromatic carbocycles. The van der Waals surface area contributed by atoms with E-state index in [0.29, 0.717) is 23.8 Å². The zero-order valence-corrected chi connectivity index (χ0v) is 13.8. The molecule has 5 nitrogen and oxygen atoms in total. The molecule has 0 unspecified atom stereocenters. The van der Waals surface area contributed by atoms with Gasteiger partial charge in [0.25, 0.3) is 0 Å². The van der Waals surface area contributed by atoms with Crippen LogP contribution < -0.4 is 5.32 Å². The lowest BCUT2D eigenvalue weighted by Gasteiger charge is -2.03. The van der Waals surface area contributed by atoms with Crippen LogP contribution in [0.25, 0.3) is 10.6 Å². The van der Waals surface area contributed by atoms with Gasteiger partial charge in [0.2, 0.25) is 0 Å². The molecule has 0 fully saturated rings. The molecular formula is C16H16F2N4OS. The topological polar surface area (TPSA) is 63.0 Å². The quantitative estimate of drug-likeness (QED) is 0.717. The minimum atomic E-state index is -0.861. The molecule has 0 bridgehead atoms. The van der Waals surface area contributed by atoms with Crippen LogP contribution in [0.2, 0.25) is 0 Å². The maximum atomic E-state index is 13.2. The number of nitrogens with one attached hydrogen (secondary N) is 1. The van der Waals surface area contributed by atoms with Crippen LogP contribution in [0.3, 0.4) is 0 Å². The predicted molar refractivity (Wildman–Crippen MR) is 88.8 cm³/mol. The van der Waals surface area contributed by atoms with E-state index in [9.17, 15) is 8.78 Å². The van der Waals surface area contributed by atoms with E-state index in [1.54, 1.807) is 10.9 Å². The first-order valence-corrected chi connectivity index (χ1v) is 8.18. The third-order valence-corrected chi connectivity index (χ3v) is 4.56. The molecule has 0 saturated heterocycles. The Labute approximate surface area is 141 Å². The van der Waals surface area contributed by atoms with Gasteiger partial charge in [0.15, 0.2) is 16.8 Å². The molecular weight excluding hydrogens is 334 g/mol. The van der Waals surface area contributed by atoms with Crippen molar-refractivity contribution in [3.05, 3.63) is 53.4 Å². The Balaban J connectivity index is 1.72. The van der Waals surface area contributed by atoms with Crippen LogP contribution in [0, 0.1) is 18.6 Å². The highest BCUT2D eigenvalue weighted by Gasteiger charge is 2.12. The summed E-state index contributed by atoms with van der Waals surface area (Å²) < 4.78 is 27.8. The van der Waals surface area contributed by atoms with Crippen LogP contribution in [0.15, 0.2) is 30.5 Å². The number of hydrogen-bond acceptors (Lipinski definition) is 5. The molecule has 2 N–H and O–H groups in total. The second-order valence-electron chi connectivity index (χ2n) is 5.22. The molecule has 0 aliphatic heterocycles. The SMILES string of the molecule is Cc1nc(NCc2ccc(F)c(F)c2)sc1-c1ccn(CCO)n1. The molecule has 3 rings (SSSR count). The number of rotatable bonds is 6. The van der Waals surface area contributed by atoms with Gasteiger partial charge in [-0.1, -0.05) is 17.4 Å². The van der Waals surface area contributed by atoms with Crippen LogP contribution in [-0.2, 0) is 13.1 Å². The van der Waals surface area contributed by atoms with Crippen molar-refractivity contribution in [1.29, 1.82) is 0 Å². The van der Waals surface area contributed by atoms with Crippen molar-refractivity contribution < 1.29 is 13.9 Å². The molecule has 8 heteroatoms. The fourth-order valence-corrected chi connectivity index (χ4v) is 3.17. The Kier molecular flexibility index (Phi) is 4.86. The monoisotopic (exact) mass is 350 g/mol. The first-order valence-electron chi connectivity index (χ1n) is 7.36. The smallest absolute Gasteiger partial charge is 0.183 e. The molecule has 126 valence electrons. The van der Waals surface area contributed by atoms with E-state index in [4.69, 9.17) is 5.11 Å². The van der Waals surface area contributed by atoms with Gasteiger partial charge in [0.05, 0.1) is 23.7 Å². The van der Waals surface area contributed by atoms with Gasteiger partial charge in [-0.15, -0.1) is 0 Å². The molecule has 0 aliphatic rings. The van der Waals surface area contributed by atoms with Gasteiger partial charge in [-0.05, 0) is 30.7 Å². The third-order valence-electron chi connectivity index (χ3n) is 3.43. The predicted octanol–water partition coefficient (Wildman–Crippen LogP) is 3.20. The summed E-state index contributed by atoms with van der Waals surface area (Å²) in [6.07, 6.45) is 1.80. The molecule has 0 aliphatic carbocycles. The number of aliphatic hydroxyl groups excluding tert-OH is 1. The highest BCUT2D eigenvalue weighted by atomic mass is 32.1. The average molecular weight is 350 g/mol. The minimum Gasteiger partial charge on any atom is -0.394 e. The largest absolute Gasteiger partial charge is 0.394 e. The van der Waals surface area contributed by atoms with Gasteiger partial charge in [-0.2, -0.15) is 5.10 Å². The minimum absolute atomic E-state index is 0.0316. The summed E-state index contributed by atoms with van der Waals surface area (Å²) >= 11 is 1.44. The molecule has 0 saturated carbocycles. The zero-order chi connectivity index (χ0) is 17.1. The van der Waals surface area contributed by atoms with Crippen molar-refractivity contribution in [3.8, 4) is 10.6 Å². The zero-order valence-electron chi connectivity index (χ0n) is 13.0. The Morgan fingerprint density at radius 1 is 1.25 bits per heavy atom. The van der Waals surface area contributed by atoms with E-state index < -0.39 is 11.6 Å². The molecule has 3 aromatic rings. The number of thiazole rings is 1. The number of anilines is 1. The molecule has 0 atom stereocenters. The van der Waals surface area contributed by atoms with Crippen molar-refractivity contribution >= 4 is 16.5 Å². The first kappa shape index (κ1) is 16.5. The number of aromatic nitrogens is 3. The van der Waals surface area contributed by atoms with Crippen molar-refractivity contribution in [2.45, 2.75) is 20.0 Å². The lowest BCUT2D eigenvalue weighted by molar-refractivity contribution is 0.269. The van der Waals surface area contributed by atoms with E-state index in [0.717, 1.165) is 22.3 Å². The number of nitrogens with zero attached hydrogens (tertiary/aromatic N) is 3. The van der Waals surface area contributed by atoms with Gasteiger partial charge in [0.1, 0.15) is 5.69 Å². The van der Waals surface area contributed by atoms with E-state index in [1.165, 1.54) is 23.5 Å². The molecule has 2 heterocycles. The fourth-order valence-electron chi connectivity index (χ4n) is 2.25. The normalized spacial score (nSPS) is 11.0. The number of aliphatic hydroxyl groups is 1. The molecule has 24 heavy (non-hydrogen) atoms. The standard InChI is InChI=1S/C16H16F2N4OS/c1-10-15(14-4-5-22(21-14)6-7-23)24-16(20-10)19-9-11-2-3-12(17)13(18)8-11/h2-5,8,23H,6-7,9H2,1H3,(H,19,20). The van der Waals surface area contributed by atoms with Crippen molar-refractivity contribution in [2.24, 2.45) is 0 Å². The van der Waals surface area contributed by atoms with E-state index in [2.05, 4.69) is 15.4 Å². The van der Waals surface area contributed by atoms with Crippen LogP contribution in [0.1, 0.15) is 11.3 Å². The summed E-state index contributed by atoms with van der Waals surface area (Å²) in [5.74, 6) is -1.72. The molecule has 0 radical (unpaired) electrons. The second-order valence-corrected chi connectivity index (χ2v) is 6.22. The maximum absolute atomic E-state index is 13.2. The van der Waals surface area contributed by atoms with E-state index >= 15 is 0 Å². The second kappa shape index (κ2) is 7.06. The Bertz CT molecular complexity index is 846. The summed E-state index contributed by atoms with van der Waals surface area (Å²) in [7, 11) is 0. The first-order chi connectivity index (χ1) is 11.6. The number of hydrogen-bond donors (Lipinski definition) is 2. The van der Waals surface area contributed by atoms with Gasteiger partial charge in [0, 0.05) is 12.7 Å². The van der Waals surface area contributed by atoms with E-state index in [-0.39, 0.29) is 6.61 Å². The summed E-state index contributed by atoms with van der Waals surface area (Å²) in [5, 5.41) is 17.1. The Hall–Kier alpha value is -2.32. The Morgan fingerprint density at radius 2 is 2.08 bits per heavy atom. The number of aryl methyl sites for hydroxylation is 1. The van der Waals surface area contributed by atoms with Crippen molar-refractivity contribution in [2.75, 3.05) is 11.9 Å². The summed E-state index contributed by atoms with van der Waals surface area (Å²) in [4.78, 5) is 5.37. The molecule has 0 amide bonds. The van der Waals surface area contributed by atoms with Crippen LogP contribution in [-0.4, -0.2) is 26.5 Å². The lowest BCUT2D eigenvalue weighted by atomic mass is 10.2. The summed E-state index contributed by atoms with van der Waals surface area (Å²) in [6, 6.07) is 5.68. The lowest BCUT2D eigenvalue weighted by Crippen LogP contribution is -2.02. The van der Waals surface area contributed by atoms with Crippen LogP contribution in [0.4, 0.5) is 13.9 Å². The number of benzene rings is 1. The molecule has 0 spiro atoms. The third kappa shape index (κ3) is 3.60. The van der Waals surface area contributed by atoms with Crippen LogP contribution >= 0.6 is 11.3 Å². The highest BCUT2D eigenvalue weighted by molar-refractivity contribution is 7.19. The summed E-state index contributed by atoms with van der Waals surface area (Å²) in [5.41, 5.74) is 2.26. The fraction of sp³-hybridized carbons (Fsp3) is 0.250. The maximum Gasteiger partial charge on any atom is 0.183 e. The molecule has 2 aromatic heterocycles. The Morgan fingerprint density at radius 3 is 2.83 bits per heavy atom. The van der Waals surface area contributed by atoms with Gasteiger partial charge in [-0.3, -0.25) is 4.68 Å². The van der Waals surface area contributed by atoms with Crippen molar-refractivity contribution in [3.63, 3.8) is 0 Å². The summed E-state index contributed by atoms with van der Waals surface area (Å²) in [6.45, 7) is 2.71. The highest BCUT2D eigenvalue weighted by Crippen LogP contribution is 2.31. The van der Waals surface area contributed by atoms with Gasteiger partial charge in [-0.25, -0.2) is 13.8 Å². The van der Waals surface area contributed by atoms with Crippen molar-refractivity contribution in [1.82, 2.24) is 14.8 Å². The van der Waals surface area contributed by atoms with Crippen LogP contribution in [0.5, 0.6) is 0 Å². The average Bonchev–Trinajstić information content (AvgIpc) is 3.15. The van der Waals surface area contributed by atoms with Gasteiger partial charge >= 0.3 is 0 Å². The van der Waals surface area contributed by atoms with Gasteiger partial charge < -0.3 is 10.4 Å².